The maximum atomic E-state index is 11.7. The van der Waals surface area contributed by atoms with E-state index in [2.05, 4.69) is 5.32 Å². The van der Waals surface area contributed by atoms with Crippen LogP contribution in [0.15, 0.2) is 18.2 Å². The Hall–Kier alpha value is -2.75. The smallest absolute Gasteiger partial charge is 0.329 e. The number of rotatable bonds is 6. The van der Waals surface area contributed by atoms with E-state index >= 15 is 0 Å². The van der Waals surface area contributed by atoms with Gasteiger partial charge >= 0.3 is 5.97 Å². The molecule has 7 nitrogen and oxygen atoms in total. The predicted octanol–water partition coefficient (Wildman–Crippen LogP) is 0.679. The highest BCUT2D eigenvalue weighted by molar-refractivity contribution is 5.90. The van der Waals surface area contributed by atoms with E-state index in [1.165, 1.54) is 25.3 Å². The first-order chi connectivity index (χ1) is 10.0. The van der Waals surface area contributed by atoms with Crippen molar-refractivity contribution in [1.29, 1.82) is 5.26 Å². The van der Waals surface area contributed by atoms with E-state index in [0.29, 0.717) is 29.9 Å². The third-order valence-electron chi connectivity index (χ3n) is 3.19. The fraction of sp³-hybridized carbons (Fsp3) is 0.357. The normalized spacial score (nSPS) is 14.7. The first kappa shape index (κ1) is 14.7. The van der Waals surface area contributed by atoms with E-state index in [9.17, 15) is 9.59 Å². The summed E-state index contributed by atoms with van der Waals surface area (Å²) in [6.07, 6.45) is 0.850. The summed E-state index contributed by atoms with van der Waals surface area (Å²) in [6, 6.07) is 6.52. The average molecular weight is 290 g/mol. The molecule has 21 heavy (non-hydrogen) atoms. The second-order valence-corrected chi connectivity index (χ2v) is 4.70. The third kappa shape index (κ3) is 3.23. The van der Waals surface area contributed by atoms with Gasteiger partial charge in [0.15, 0.2) is 18.1 Å². The van der Waals surface area contributed by atoms with Crippen molar-refractivity contribution in [3.8, 4) is 17.6 Å². The van der Waals surface area contributed by atoms with Gasteiger partial charge in [-0.15, -0.1) is 0 Å². The van der Waals surface area contributed by atoms with Crippen LogP contribution in [-0.2, 0) is 9.59 Å². The van der Waals surface area contributed by atoms with Crippen molar-refractivity contribution in [2.45, 2.75) is 18.4 Å². The molecule has 2 rings (SSSR count). The molecule has 0 aromatic heterocycles. The number of nitrogens with one attached hydrogen (secondary N) is 1. The summed E-state index contributed by atoms with van der Waals surface area (Å²) in [4.78, 5) is 22.7. The van der Waals surface area contributed by atoms with Gasteiger partial charge in [-0.25, -0.2) is 4.79 Å². The number of carboxylic acid groups (broad SMARTS) is 1. The van der Waals surface area contributed by atoms with Crippen LogP contribution in [0.3, 0.4) is 0 Å². The number of carbonyl (C=O) groups excluding carboxylic acids is 1. The number of hydrogen-bond donors (Lipinski definition) is 2. The van der Waals surface area contributed by atoms with Crippen molar-refractivity contribution < 1.29 is 24.2 Å². The van der Waals surface area contributed by atoms with Crippen molar-refractivity contribution in [2.75, 3.05) is 13.7 Å². The molecule has 1 aliphatic carbocycles. The van der Waals surface area contributed by atoms with Crippen molar-refractivity contribution >= 4 is 11.9 Å². The summed E-state index contributed by atoms with van der Waals surface area (Å²) in [5.41, 5.74) is -0.721. The number of ether oxygens (including phenoxy) is 2. The lowest BCUT2D eigenvalue weighted by Crippen LogP contribution is -2.45. The lowest BCUT2D eigenvalue weighted by atomic mass is 10.2. The Kier molecular flexibility index (Phi) is 3.98. The number of carboxylic acids is 1. The Morgan fingerprint density at radius 2 is 2.14 bits per heavy atom. The van der Waals surface area contributed by atoms with Crippen LogP contribution < -0.4 is 14.8 Å². The number of carbonyl (C=O) groups is 2. The molecule has 2 N–H and O–H groups in total. The molecule has 0 bridgehead atoms. The summed E-state index contributed by atoms with van der Waals surface area (Å²) >= 11 is 0. The van der Waals surface area contributed by atoms with E-state index in [-0.39, 0.29) is 6.61 Å². The first-order valence-electron chi connectivity index (χ1n) is 6.26. The van der Waals surface area contributed by atoms with Gasteiger partial charge in [-0.05, 0) is 25.0 Å². The van der Waals surface area contributed by atoms with Crippen LogP contribution in [-0.4, -0.2) is 36.2 Å². The van der Waals surface area contributed by atoms with Gasteiger partial charge in [0.1, 0.15) is 5.54 Å². The molecule has 0 atom stereocenters. The minimum atomic E-state index is -1.13. The van der Waals surface area contributed by atoms with Crippen LogP contribution in [0.25, 0.3) is 0 Å². The molecule has 110 valence electrons. The first-order valence-corrected chi connectivity index (χ1v) is 6.26. The highest BCUT2D eigenvalue weighted by Crippen LogP contribution is 2.35. The molecule has 1 saturated carbocycles. The van der Waals surface area contributed by atoms with Gasteiger partial charge in [0.2, 0.25) is 0 Å². The SMILES string of the molecule is COc1cc(C#N)ccc1OCC(=O)NC1(C(=O)O)CC1. The van der Waals surface area contributed by atoms with Crippen LogP contribution in [0.5, 0.6) is 11.5 Å². The van der Waals surface area contributed by atoms with Crippen LogP contribution in [0.4, 0.5) is 0 Å². The molecule has 0 aliphatic heterocycles. The van der Waals surface area contributed by atoms with E-state index in [1.54, 1.807) is 0 Å². The molecule has 1 amide bonds. The molecule has 1 aliphatic rings. The minimum Gasteiger partial charge on any atom is -0.493 e. The van der Waals surface area contributed by atoms with Crippen molar-refractivity contribution in [3.63, 3.8) is 0 Å². The van der Waals surface area contributed by atoms with Gasteiger partial charge in [0, 0.05) is 6.07 Å². The highest BCUT2D eigenvalue weighted by atomic mass is 16.5. The van der Waals surface area contributed by atoms with E-state index < -0.39 is 17.4 Å². The van der Waals surface area contributed by atoms with Gasteiger partial charge in [0.25, 0.3) is 5.91 Å². The van der Waals surface area contributed by atoms with Gasteiger partial charge in [0.05, 0.1) is 18.7 Å². The van der Waals surface area contributed by atoms with Gasteiger partial charge < -0.3 is 19.9 Å². The largest absolute Gasteiger partial charge is 0.493 e. The zero-order chi connectivity index (χ0) is 15.5. The number of nitriles is 1. The molecule has 1 fully saturated rings. The van der Waals surface area contributed by atoms with Crippen molar-refractivity contribution in [1.82, 2.24) is 5.32 Å². The van der Waals surface area contributed by atoms with E-state index in [1.807, 2.05) is 6.07 Å². The highest BCUT2D eigenvalue weighted by Gasteiger charge is 2.51. The summed E-state index contributed by atoms with van der Waals surface area (Å²) in [5.74, 6) is -0.902. The monoisotopic (exact) mass is 290 g/mol. The second-order valence-electron chi connectivity index (χ2n) is 4.70. The molecule has 1 aromatic rings. The number of amides is 1. The summed E-state index contributed by atoms with van der Waals surface area (Å²) < 4.78 is 10.4. The third-order valence-corrected chi connectivity index (χ3v) is 3.19. The number of methoxy groups -OCH3 is 1. The van der Waals surface area contributed by atoms with E-state index in [4.69, 9.17) is 19.8 Å². The number of nitrogens with zero attached hydrogens (tertiary/aromatic N) is 1. The zero-order valence-electron chi connectivity index (χ0n) is 11.4. The molecule has 0 spiro atoms. The average Bonchev–Trinajstić information content (AvgIpc) is 3.25. The number of benzene rings is 1. The lowest BCUT2D eigenvalue weighted by Gasteiger charge is -2.14. The zero-order valence-corrected chi connectivity index (χ0v) is 11.4. The maximum absolute atomic E-state index is 11.7. The molecule has 0 unspecified atom stereocenters. The molecular weight excluding hydrogens is 276 g/mol. The second kappa shape index (κ2) is 5.71. The quantitative estimate of drug-likeness (QED) is 0.797. The summed E-state index contributed by atoms with van der Waals surface area (Å²) in [6.45, 7) is -0.322. The van der Waals surface area contributed by atoms with Crippen LogP contribution in [0, 0.1) is 11.3 Å². The topological polar surface area (TPSA) is 109 Å². The lowest BCUT2D eigenvalue weighted by molar-refractivity contribution is -0.143. The van der Waals surface area contributed by atoms with Gasteiger partial charge in [-0.1, -0.05) is 0 Å². The molecule has 0 heterocycles. The Morgan fingerprint density at radius 1 is 1.43 bits per heavy atom. The fourth-order valence-electron chi connectivity index (χ4n) is 1.82. The summed E-state index contributed by atoms with van der Waals surface area (Å²) in [5, 5.41) is 20.2. The van der Waals surface area contributed by atoms with Crippen LogP contribution in [0.1, 0.15) is 18.4 Å². The Bertz CT molecular complexity index is 616. The van der Waals surface area contributed by atoms with Crippen LogP contribution in [0.2, 0.25) is 0 Å². The maximum Gasteiger partial charge on any atom is 0.329 e. The molecule has 1 aromatic carbocycles. The predicted molar refractivity (Wildman–Crippen MR) is 70.9 cm³/mol. The molecule has 0 radical (unpaired) electrons. The molecular formula is C14H14N2O5. The van der Waals surface area contributed by atoms with Gasteiger partial charge in [-0.2, -0.15) is 5.26 Å². The summed E-state index contributed by atoms with van der Waals surface area (Å²) in [7, 11) is 1.42. The van der Waals surface area contributed by atoms with Crippen LogP contribution >= 0.6 is 0 Å². The number of hydrogen-bond acceptors (Lipinski definition) is 5. The Balaban J connectivity index is 1.96. The van der Waals surface area contributed by atoms with Crippen molar-refractivity contribution in [3.05, 3.63) is 23.8 Å². The Morgan fingerprint density at radius 3 is 2.67 bits per heavy atom. The fourth-order valence-corrected chi connectivity index (χ4v) is 1.82. The standard InChI is InChI=1S/C14H14N2O5/c1-20-11-6-9(7-15)2-3-10(11)21-8-12(17)16-14(4-5-14)13(18)19/h2-3,6H,4-5,8H2,1H3,(H,16,17)(H,18,19). The van der Waals surface area contributed by atoms with Gasteiger partial charge in [-0.3, -0.25) is 4.79 Å². The molecule has 0 saturated heterocycles. The minimum absolute atomic E-state index is 0.312. The number of aliphatic carboxylic acids is 1. The van der Waals surface area contributed by atoms with E-state index in [0.717, 1.165) is 0 Å². The van der Waals surface area contributed by atoms with Crippen molar-refractivity contribution in [2.24, 2.45) is 0 Å². The molecule has 7 heteroatoms. The Labute approximate surface area is 121 Å².